The SMILES string of the molecule is c1ccc2c(c1)-c1ccccc1-c1ccc(N(c3ccc4c(c3)oc3ccccc34)c3cccc4c3-c3ccccc3C43c4ccccc4-c4ccccc43)cc1-c1ccccc1-2. The topological polar surface area (TPSA) is 16.4 Å². The van der Waals surface area contributed by atoms with Crippen LogP contribution in [-0.2, 0) is 5.41 Å². The van der Waals surface area contributed by atoms with Crippen LogP contribution in [0, 0.1) is 0 Å². The molecule has 0 saturated carbocycles. The summed E-state index contributed by atoms with van der Waals surface area (Å²) < 4.78 is 6.63. The van der Waals surface area contributed by atoms with Crippen LogP contribution in [0.5, 0.6) is 0 Å². The van der Waals surface area contributed by atoms with E-state index in [1.54, 1.807) is 0 Å². The van der Waals surface area contributed by atoms with Crippen molar-refractivity contribution < 1.29 is 4.42 Å². The molecule has 14 rings (SSSR count). The quantitative estimate of drug-likeness (QED) is 0.177. The van der Waals surface area contributed by atoms with Gasteiger partial charge in [-0.15, -0.1) is 0 Å². The lowest BCUT2D eigenvalue weighted by molar-refractivity contribution is 0.669. The molecule has 11 aromatic rings. The molecule has 2 nitrogen and oxygen atoms in total. The summed E-state index contributed by atoms with van der Waals surface area (Å²) >= 11 is 0. The molecule has 0 atom stereocenters. The smallest absolute Gasteiger partial charge is 0.137 e. The first kappa shape index (κ1) is 34.5. The molecule has 0 aliphatic heterocycles. The second-order valence-electron chi connectivity index (χ2n) is 17.1. The maximum absolute atomic E-state index is 6.63. The lowest BCUT2D eigenvalue weighted by Gasteiger charge is -2.32. The van der Waals surface area contributed by atoms with Crippen LogP contribution in [0.3, 0.4) is 0 Å². The molecule has 292 valence electrons. The van der Waals surface area contributed by atoms with Crippen molar-refractivity contribution in [3.63, 3.8) is 0 Å². The largest absolute Gasteiger partial charge is 0.456 e. The molecule has 0 N–H and O–H groups in total. The van der Waals surface area contributed by atoms with Crippen molar-refractivity contribution in [1.29, 1.82) is 0 Å². The van der Waals surface area contributed by atoms with Crippen LogP contribution in [0.25, 0.3) is 88.7 Å². The third kappa shape index (κ3) is 4.62. The first-order chi connectivity index (χ1) is 31.3. The maximum Gasteiger partial charge on any atom is 0.137 e. The van der Waals surface area contributed by atoms with Crippen molar-refractivity contribution in [1.82, 2.24) is 0 Å². The monoisotopic (exact) mass is 799 g/mol. The fourth-order valence-corrected chi connectivity index (χ4v) is 11.6. The Hall–Kier alpha value is -8.20. The van der Waals surface area contributed by atoms with E-state index in [2.05, 4.69) is 223 Å². The van der Waals surface area contributed by atoms with Crippen LogP contribution in [0.1, 0.15) is 22.3 Å². The Bertz CT molecular complexity index is 3670. The minimum absolute atomic E-state index is 0.467. The summed E-state index contributed by atoms with van der Waals surface area (Å²) in [6.07, 6.45) is 0. The summed E-state index contributed by atoms with van der Waals surface area (Å²) in [5.74, 6) is 0. The second kappa shape index (κ2) is 12.9. The van der Waals surface area contributed by atoms with Crippen LogP contribution in [0.4, 0.5) is 17.1 Å². The van der Waals surface area contributed by atoms with Gasteiger partial charge in [0.05, 0.1) is 11.1 Å². The zero-order valence-corrected chi connectivity index (χ0v) is 34.2. The number of furan rings is 1. The zero-order valence-electron chi connectivity index (χ0n) is 34.2. The van der Waals surface area contributed by atoms with Crippen molar-refractivity contribution in [3.05, 3.63) is 247 Å². The summed E-state index contributed by atoms with van der Waals surface area (Å²) in [5.41, 5.74) is 24.7. The van der Waals surface area contributed by atoms with Crippen molar-refractivity contribution >= 4 is 39.0 Å². The van der Waals surface area contributed by atoms with Gasteiger partial charge in [0.15, 0.2) is 0 Å². The molecule has 0 radical (unpaired) electrons. The first-order valence-corrected chi connectivity index (χ1v) is 21.8. The van der Waals surface area contributed by atoms with Gasteiger partial charge in [-0.1, -0.05) is 182 Å². The Labute approximate surface area is 365 Å². The second-order valence-corrected chi connectivity index (χ2v) is 17.1. The highest BCUT2D eigenvalue weighted by molar-refractivity contribution is 6.08. The molecule has 0 bridgehead atoms. The predicted molar refractivity (Wildman–Crippen MR) is 260 cm³/mol. The predicted octanol–water partition coefficient (Wildman–Crippen LogP) is 16.4. The van der Waals surface area contributed by atoms with Crippen LogP contribution in [0.15, 0.2) is 229 Å². The molecule has 63 heavy (non-hydrogen) atoms. The zero-order chi connectivity index (χ0) is 41.2. The van der Waals surface area contributed by atoms with Crippen LogP contribution >= 0.6 is 0 Å². The Balaban J connectivity index is 1.08. The van der Waals surface area contributed by atoms with E-state index in [0.717, 1.165) is 39.0 Å². The molecule has 1 heterocycles. The molecular formula is C61H37NO. The van der Waals surface area contributed by atoms with Gasteiger partial charge in [0.2, 0.25) is 0 Å². The van der Waals surface area contributed by atoms with E-state index >= 15 is 0 Å². The lowest BCUT2D eigenvalue weighted by Crippen LogP contribution is -2.26. The summed E-state index contributed by atoms with van der Waals surface area (Å²) in [6.45, 7) is 0. The summed E-state index contributed by atoms with van der Waals surface area (Å²) in [6, 6.07) is 83.0. The number of para-hydroxylation sites is 1. The number of nitrogens with zero attached hydrogens (tertiary/aromatic N) is 1. The molecule has 1 aromatic heterocycles. The van der Waals surface area contributed by atoms with E-state index in [9.17, 15) is 0 Å². The molecule has 0 amide bonds. The molecule has 3 aliphatic carbocycles. The van der Waals surface area contributed by atoms with E-state index in [1.165, 1.54) is 89.0 Å². The first-order valence-electron chi connectivity index (χ1n) is 21.8. The fourth-order valence-electron chi connectivity index (χ4n) is 11.6. The Kier molecular flexibility index (Phi) is 7.07. The molecule has 0 saturated heterocycles. The highest BCUT2D eigenvalue weighted by Gasteiger charge is 2.52. The van der Waals surface area contributed by atoms with Crippen LogP contribution < -0.4 is 4.90 Å². The highest BCUT2D eigenvalue weighted by Crippen LogP contribution is 2.65. The van der Waals surface area contributed by atoms with Crippen molar-refractivity contribution in [2.24, 2.45) is 0 Å². The number of fused-ring (bicyclic) bond motifs is 21. The third-order valence-corrected chi connectivity index (χ3v) is 14.1. The number of hydrogen-bond acceptors (Lipinski definition) is 2. The highest BCUT2D eigenvalue weighted by atomic mass is 16.3. The van der Waals surface area contributed by atoms with Gasteiger partial charge < -0.3 is 9.32 Å². The van der Waals surface area contributed by atoms with E-state index in [4.69, 9.17) is 4.42 Å². The van der Waals surface area contributed by atoms with Gasteiger partial charge in [-0.3, -0.25) is 0 Å². The van der Waals surface area contributed by atoms with E-state index in [1.807, 2.05) is 6.07 Å². The van der Waals surface area contributed by atoms with Crippen molar-refractivity contribution in [3.8, 4) is 66.8 Å². The van der Waals surface area contributed by atoms with Gasteiger partial charge >= 0.3 is 0 Å². The normalized spacial score (nSPS) is 13.2. The lowest BCUT2D eigenvalue weighted by atomic mass is 9.70. The van der Waals surface area contributed by atoms with Gasteiger partial charge in [-0.25, -0.2) is 0 Å². The summed E-state index contributed by atoms with van der Waals surface area (Å²) in [7, 11) is 0. The molecule has 3 aliphatic rings. The molecule has 0 fully saturated rings. The fraction of sp³-hybridized carbons (Fsp3) is 0.0164. The number of benzene rings is 10. The Morgan fingerprint density at radius 2 is 0.714 bits per heavy atom. The summed E-state index contributed by atoms with van der Waals surface area (Å²) in [4.78, 5) is 2.48. The van der Waals surface area contributed by atoms with Gasteiger partial charge in [0.1, 0.15) is 11.2 Å². The van der Waals surface area contributed by atoms with Gasteiger partial charge in [-0.05, 0) is 120 Å². The standard InChI is InChI=1S/C61H37NO/c1-2-17-41-40(16-1)42-18-3-4-20-44(42)46-34-32-38(36-52(46)45-21-6-5-19-43(41)45)62(39-33-35-50-49-24-10-14-31-58(49)63-59(50)37-39)57-30-15-29-56-60(57)51-25-9-13-28-55(51)61(56)53-26-11-7-22-47(53)48-23-8-12-27-54(48)61/h1-37H. The average Bonchev–Trinajstić information content (AvgIpc) is 3.98. The minimum atomic E-state index is -0.467. The minimum Gasteiger partial charge on any atom is -0.456 e. The molecule has 1 spiro atoms. The van der Waals surface area contributed by atoms with Crippen molar-refractivity contribution in [2.45, 2.75) is 5.41 Å². The van der Waals surface area contributed by atoms with E-state index in [-0.39, 0.29) is 0 Å². The average molecular weight is 800 g/mol. The van der Waals surface area contributed by atoms with Crippen LogP contribution in [0.2, 0.25) is 0 Å². The van der Waals surface area contributed by atoms with Gasteiger partial charge in [0.25, 0.3) is 0 Å². The third-order valence-electron chi connectivity index (χ3n) is 14.1. The Morgan fingerprint density at radius 1 is 0.286 bits per heavy atom. The summed E-state index contributed by atoms with van der Waals surface area (Å²) in [5, 5.41) is 2.23. The maximum atomic E-state index is 6.63. The van der Waals surface area contributed by atoms with E-state index < -0.39 is 5.41 Å². The molecule has 10 aromatic carbocycles. The number of hydrogen-bond donors (Lipinski definition) is 0. The van der Waals surface area contributed by atoms with Gasteiger partial charge in [0, 0.05) is 33.8 Å². The molecule has 0 unspecified atom stereocenters. The number of rotatable bonds is 3. The van der Waals surface area contributed by atoms with Gasteiger partial charge in [-0.2, -0.15) is 0 Å². The molecule has 2 heteroatoms. The Morgan fingerprint density at radius 3 is 1.33 bits per heavy atom. The van der Waals surface area contributed by atoms with Crippen molar-refractivity contribution in [2.75, 3.05) is 4.90 Å². The van der Waals surface area contributed by atoms with E-state index in [0.29, 0.717) is 0 Å². The molecular weight excluding hydrogens is 763 g/mol. The van der Waals surface area contributed by atoms with Crippen LogP contribution in [-0.4, -0.2) is 0 Å². The number of anilines is 3.